The third-order valence-electron chi connectivity index (χ3n) is 4.27. The molecule has 134 valence electrons. The second kappa shape index (κ2) is 7.61. The Balaban J connectivity index is 1.83. The highest BCUT2D eigenvalue weighted by Gasteiger charge is 2.18. The topological polar surface area (TPSA) is 61.7 Å². The lowest BCUT2D eigenvalue weighted by atomic mass is 10.2. The van der Waals surface area contributed by atoms with Gasteiger partial charge in [-0.15, -0.1) is 0 Å². The molecular weight excluding hydrogens is 320 g/mol. The number of rotatable bonds is 6. The van der Waals surface area contributed by atoms with Crippen LogP contribution in [0.2, 0.25) is 0 Å². The molecule has 6 nitrogen and oxygen atoms in total. The van der Waals surface area contributed by atoms with Crippen molar-refractivity contribution < 1.29 is 19.0 Å². The Labute approximate surface area is 147 Å². The molecule has 0 spiro atoms. The number of nitrogens with zero attached hydrogens (tertiary/aromatic N) is 1. The van der Waals surface area contributed by atoms with Gasteiger partial charge in [0.25, 0.3) is 5.91 Å². The van der Waals surface area contributed by atoms with Crippen molar-refractivity contribution in [2.75, 3.05) is 33.5 Å². The van der Waals surface area contributed by atoms with E-state index >= 15 is 0 Å². The highest BCUT2D eigenvalue weighted by Crippen LogP contribution is 2.33. The van der Waals surface area contributed by atoms with Crippen LogP contribution in [0.3, 0.4) is 0 Å². The molecule has 3 rings (SSSR count). The van der Waals surface area contributed by atoms with Gasteiger partial charge in [0.15, 0.2) is 11.5 Å². The van der Waals surface area contributed by atoms with Gasteiger partial charge >= 0.3 is 0 Å². The SMILES string of the molecule is COCCCNC(=O)c1cc(C)n(-c2ccc3c(c2)OCCO3)c1C. The van der Waals surface area contributed by atoms with Crippen LogP contribution in [0.15, 0.2) is 24.3 Å². The minimum Gasteiger partial charge on any atom is -0.486 e. The summed E-state index contributed by atoms with van der Waals surface area (Å²) in [6, 6.07) is 7.76. The second-order valence-corrected chi connectivity index (χ2v) is 6.05. The number of carbonyl (C=O) groups is 1. The van der Waals surface area contributed by atoms with Crippen molar-refractivity contribution >= 4 is 5.91 Å². The number of amides is 1. The number of methoxy groups -OCH3 is 1. The number of nitrogens with one attached hydrogen (secondary N) is 1. The quantitative estimate of drug-likeness (QED) is 0.819. The molecule has 0 atom stereocenters. The zero-order valence-corrected chi connectivity index (χ0v) is 14.9. The third kappa shape index (κ3) is 3.64. The number of fused-ring (bicyclic) bond motifs is 1. The first-order valence-corrected chi connectivity index (χ1v) is 8.48. The molecule has 0 unspecified atom stereocenters. The van der Waals surface area contributed by atoms with E-state index in [-0.39, 0.29) is 5.91 Å². The number of carbonyl (C=O) groups excluding carboxylic acids is 1. The molecule has 6 heteroatoms. The first-order chi connectivity index (χ1) is 12.1. The van der Waals surface area contributed by atoms with Gasteiger partial charge in [0.05, 0.1) is 5.56 Å². The summed E-state index contributed by atoms with van der Waals surface area (Å²) >= 11 is 0. The van der Waals surface area contributed by atoms with Crippen LogP contribution in [0, 0.1) is 13.8 Å². The lowest BCUT2D eigenvalue weighted by Crippen LogP contribution is -2.25. The number of ether oxygens (including phenoxy) is 3. The van der Waals surface area contributed by atoms with Crippen LogP contribution >= 0.6 is 0 Å². The molecule has 1 aliphatic rings. The number of benzene rings is 1. The van der Waals surface area contributed by atoms with Crippen LogP contribution in [0.25, 0.3) is 5.69 Å². The Morgan fingerprint density at radius 1 is 1.20 bits per heavy atom. The Morgan fingerprint density at radius 2 is 1.96 bits per heavy atom. The van der Waals surface area contributed by atoms with Crippen LogP contribution in [-0.2, 0) is 4.74 Å². The molecule has 0 saturated heterocycles. The first kappa shape index (κ1) is 17.4. The zero-order valence-electron chi connectivity index (χ0n) is 14.9. The molecule has 2 heterocycles. The van der Waals surface area contributed by atoms with Gasteiger partial charge in [-0.3, -0.25) is 4.79 Å². The molecule has 25 heavy (non-hydrogen) atoms. The Hall–Kier alpha value is -2.47. The fraction of sp³-hybridized carbons (Fsp3) is 0.421. The smallest absolute Gasteiger partial charge is 0.253 e. The fourth-order valence-electron chi connectivity index (χ4n) is 3.07. The van der Waals surface area contributed by atoms with Crippen molar-refractivity contribution in [2.45, 2.75) is 20.3 Å². The molecule has 0 saturated carbocycles. The van der Waals surface area contributed by atoms with Crippen LogP contribution in [-0.4, -0.2) is 43.9 Å². The Morgan fingerprint density at radius 3 is 2.72 bits per heavy atom. The van der Waals surface area contributed by atoms with Crippen molar-refractivity contribution in [2.24, 2.45) is 0 Å². The number of aryl methyl sites for hydroxylation is 1. The van der Waals surface area contributed by atoms with Crippen LogP contribution < -0.4 is 14.8 Å². The summed E-state index contributed by atoms with van der Waals surface area (Å²) in [7, 11) is 1.66. The van der Waals surface area contributed by atoms with Crippen LogP contribution in [0.4, 0.5) is 0 Å². The third-order valence-corrected chi connectivity index (χ3v) is 4.27. The molecule has 1 amide bonds. The Bertz CT molecular complexity index is 767. The largest absolute Gasteiger partial charge is 0.486 e. The van der Waals surface area contributed by atoms with Crippen molar-refractivity contribution in [1.29, 1.82) is 0 Å². The van der Waals surface area contributed by atoms with Crippen molar-refractivity contribution in [3.63, 3.8) is 0 Å². The normalized spacial score (nSPS) is 12.9. The van der Waals surface area contributed by atoms with Gasteiger partial charge in [0.2, 0.25) is 0 Å². The minimum absolute atomic E-state index is 0.0620. The summed E-state index contributed by atoms with van der Waals surface area (Å²) in [5, 5.41) is 2.94. The van der Waals surface area contributed by atoms with E-state index < -0.39 is 0 Å². The summed E-state index contributed by atoms with van der Waals surface area (Å²) in [6.07, 6.45) is 0.795. The predicted molar refractivity (Wildman–Crippen MR) is 95.1 cm³/mol. The molecule has 1 aromatic heterocycles. The molecule has 0 bridgehead atoms. The molecular formula is C19H24N2O4. The number of aromatic nitrogens is 1. The predicted octanol–water partition coefficient (Wildman–Crippen LogP) is 2.63. The van der Waals surface area contributed by atoms with Gasteiger partial charge in [-0.1, -0.05) is 0 Å². The summed E-state index contributed by atoms with van der Waals surface area (Å²) in [5.41, 5.74) is 3.54. The van der Waals surface area contributed by atoms with E-state index in [0.717, 1.165) is 35.0 Å². The highest BCUT2D eigenvalue weighted by atomic mass is 16.6. The Kier molecular flexibility index (Phi) is 5.28. The number of hydrogen-bond donors (Lipinski definition) is 1. The first-order valence-electron chi connectivity index (χ1n) is 8.48. The lowest BCUT2D eigenvalue weighted by Gasteiger charge is -2.20. The van der Waals surface area contributed by atoms with E-state index in [4.69, 9.17) is 14.2 Å². The molecule has 0 fully saturated rings. The molecule has 2 aromatic rings. The summed E-state index contributed by atoms with van der Waals surface area (Å²) in [4.78, 5) is 12.4. The van der Waals surface area contributed by atoms with Crippen LogP contribution in [0.5, 0.6) is 11.5 Å². The maximum atomic E-state index is 12.4. The summed E-state index contributed by atoms with van der Waals surface area (Å²) < 4.78 is 18.3. The maximum Gasteiger partial charge on any atom is 0.253 e. The average Bonchev–Trinajstić information content (AvgIpc) is 2.92. The highest BCUT2D eigenvalue weighted by molar-refractivity contribution is 5.95. The van der Waals surface area contributed by atoms with Crippen molar-refractivity contribution in [3.8, 4) is 17.2 Å². The van der Waals surface area contributed by atoms with Gasteiger partial charge in [0.1, 0.15) is 13.2 Å². The maximum absolute atomic E-state index is 12.4. The van der Waals surface area contributed by atoms with Crippen molar-refractivity contribution in [3.05, 3.63) is 41.2 Å². The molecule has 0 radical (unpaired) electrons. The molecule has 0 aliphatic carbocycles. The van der Waals surface area contributed by atoms with E-state index in [1.54, 1.807) is 7.11 Å². The van der Waals surface area contributed by atoms with Gasteiger partial charge in [0, 0.05) is 43.4 Å². The minimum atomic E-state index is -0.0620. The van der Waals surface area contributed by atoms with Gasteiger partial charge in [-0.05, 0) is 38.5 Å². The summed E-state index contributed by atoms with van der Waals surface area (Å²) in [5.74, 6) is 1.43. The second-order valence-electron chi connectivity index (χ2n) is 6.05. The van der Waals surface area contributed by atoms with Gasteiger partial charge in [-0.25, -0.2) is 0 Å². The molecule has 1 aliphatic heterocycles. The van der Waals surface area contributed by atoms with E-state index in [1.807, 2.05) is 38.1 Å². The van der Waals surface area contributed by atoms with E-state index in [1.165, 1.54) is 0 Å². The lowest BCUT2D eigenvalue weighted by molar-refractivity contribution is 0.0948. The van der Waals surface area contributed by atoms with Gasteiger partial charge in [-0.2, -0.15) is 0 Å². The van der Waals surface area contributed by atoms with Crippen molar-refractivity contribution in [1.82, 2.24) is 9.88 Å². The monoisotopic (exact) mass is 344 g/mol. The van der Waals surface area contributed by atoms with E-state index in [9.17, 15) is 4.79 Å². The van der Waals surface area contributed by atoms with E-state index in [0.29, 0.717) is 31.9 Å². The van der Waals surface area contributed by atoms with Gasteiger partial charge < -0.3 is 24.1 Å². The molecule has 1 aromatic carbocycles. The number of hydrogen-bond acceptors (Lipinski definition) is 4. The standard InChI is InChI=1S/C19H24N2O4/c1-13-11-16(19(22)20-7-4-8-23-3)14(2)21(13)15-5-6-17-18(12-15)25-10-9-24-17/h5-6,11-12H,4,7-10H2,1-3H3,(H,20,22). The average molecular weight is 344 g/mol. The molecule has 1 N–H and O–H groups in total. The van der Waals surface area contributed by atoms with E-state index in [2.05, 4.69) is 9.88 Å². The summed E-state index contributed by atoms with van der Waals surface area (Å²) in [6.45, 7) is 6.30. The zero-order chi connectivity index (χ0) is 17.8. The van der Waals surface area contributed by atoms with Crippen LogP contribution in [0.1, 0.15) is 28.2 Å². The fourth-order valence-corrected chi connectivity index (χ4v) is 3.07.